The van der Waals surface area contributed by atoms with Crippen LogP contribution in [0.25, 0.3) is 11.4 Å². The summed E-state index contributed by atoms with van der Waals surface area (Å²) >= 11 is 0. The van der Waals surface area contributed by atoms with Crippen LogP contribution in [0.1, 0.15) is 36.1 Å². The summed E-state index contributed by atoms with van der Waals surface area (Å²) in [6.45, 7) is 6.15. The van der Waals surface area contributed by atoms with E-state index < -0.39 is 11.7 Å². The minimum absolute atomic E-state index is 0.225. The number of hydrogen-bond acceptors (Lipinski definition) is 6. The molecule has 4 aromatic rings. The Morgan fingerprint density at radius 1 is 1.09 bits per heavy atom. The zero-order valence-electron chi connectivity index (χ0n) is 18.5. The molecule has 2 aromatic carbocycles. The third kappa shape index (κ3) is 4.82. The number of anilines is 4. The lowest BCUT2D eigenvalue weighted by Gasteiger charge is -2.14. The molecule has 8 nitrogen and oxygen atoms in total. The van der Waals surface area contributed by atoms with Crippen molar-refractivity contribution in [2.45, 2.75) is 26.8 Å². The van der Waals surface area contributed by atoms with Gasteiger partial charge in [-0.2, -0.15) is 0 Å². The average molecular weight is 446 g/mol. The summed E-state index contributed by atoms with van der Waals surface area (Å²) in [4.78, 5) is 25.8. The van der Waals surface area contributed by atoms with Gasteiger partial charge in [0.2, 0.25) is 5.95 Å². The zero-order valence-corrected chi connectivity index (χ0v) is 18.5. The van der Waals surface area contributed by atoms with Crippen LogP contribution < -0.4 is 16.4 Å². The van der Waals surface area contributed by atoms with Crippen LogP contribution in [-0.2, 0) is 0 Å². The summed E-state index contributed by atoms with van der Waals surface area (Å²) < 4.78 is 15.5. The molecule has 0 fully saturated rings. The lowest BCUT2D eigenvalue weighted by molar-refractivity contribution is 0.102. The smallest absolute Gasteiger partial charge is 0.255 e. The predicted octanol–water partition coefficient (Wildman–Crippen LogP) is 4.95. The molecule has 2 aromatic heterocycles. The highest BCUT2D eigenvalue weighted by atomic mass is 19.1. The molecular weight excluding hydrogens is 421 g/mol. The fraction of sp³-hybridized carbons (Fsp3) is 0.167. The van der Waals surface area contributed by atoms with Crippen molar-refractivity contribution in [3.8, 4) is 11.4 Å². The number of hydrogen-bond donors (Lipinski definition) is 3. The first kappa shape index (κ1) is 21.9. The van der Waals surface area contributed by atoms with Crippen LogP contribution >= 0.6 is 0 Å². The van der Waals surface area contributed by atoms with Gasteiger partial charge >= 0.3 is 0 Å². The lowest BCUT2D eigenvalue weighted by Crippen LogP contribution is -2.13. The maximum atomic E-state index is 13.4. The molecule has 0 bridgehead atoms. The van der Waals surface area contributed by atoms with Gasteiger partial charge in [0.15, 0.2) is 0 Å². The minimum atomic E-state index is -0.479. The molecular formula is C24H24FN7O. The second-order valence-corrected chi connectivity index (χ2v) is 7.81. The second kappa shape index (κ2) is 9.07. The summed E-state index contributed by atoms with van der Waals surface area (Å²) in [6, 6.07) is 12.7. The van der Waals surface area contributed by atoms with E-state index in [9.17, 15) is 9.18 Å². The van der Waals surface area contributed by atoms with E-state index in [0.29, 0.717) is 17.2 Å². The van der Waals surface area contributed by atoms with Crippen molar-refractivity contribution in [3.63, 3.8) is 0 Å². The van der Waals surface area contributed by atoms with Crippen LogP contribution in [0.15, 0.2) is 60.9 Å². The number of aromatic nitrogens is 4. The Morgan fingerprint density at radius 3 is 2.58 bits per heavy atom. The summed E-state index contributed by atoms with van der Waals surface area (Å²) in [5, 5.41) is 5.77. The van der Waals surface area contributed by atoms with E-state index in [4.69, 9.17) is 5.73 Å². The number of nitrogens with one attached hydrogen (secondary N) is 2. The number of halogens is 1. The van der Waals surface area contributed by atoms with E-state index in [0.717, 1.165) is 17.2 Å². The van der Waals surface area contributed by atoms with Crippen molar-refractivity contribution >= 4 is 28.9 Å². The van der Waals surface area contributed by atoms with Gasteiger partial charge < -0.3 is 20.9 Å². The highest BCUT2D eigenvalue weighted by Gasteiger charge is 2.14. The Hall–Kier alpha value is -4.27. The Morgan fingerprint density at radius 2 is 1.85 bits per heavy atom. The van der Waals surface area contributed by atoms with E-state index in [1.165, 1.54) is 18.2 Å². The quantitative estimate of drug-likeness (QED) is 0.362. The molecule has 2 heterocycles. The van der Waals surface area contributed by atoms with Gasteiger partial charge in [0, 0.05) is 23.5 Å². The largest absolute Gasteiger partial charge is 0.397 e. The SMILES string of the molecule is Cc1ncc(-c2ccnc(Nc3ccc(C(=O)Nc4cc(F)ccc4N)cc3)n2)n1C(C)C. The molecule has 0 aliphatic heterocycles. The average Bonchev–Trinajstić information content (AvgIpc) is 3.19. The van der Waals surface area contributed by atoms with E-state index in [2.05, 4.69) is 44.0 Å². The van der Waals surface area contributed by atoms with Crippen molar-refractivity contribution in [1.82, 2.24) is 19.5 Å². The van der Waals surface area contributed by atoms with Gasteiger partial charge in [0.05, 0.1) is 29.0 Å². The number of imidazole rings is 1. The maximum absolute atomic E-state index is 13.4. The number of carbonyl (C=O) groups excluding carboxylic acids is 1. The summed E-state index contributed by atoms with van der Waals surface area (Å²) in [5.41, 5.74) is 9.09. The van der Waals surface area contributed by atoms with Gasteiger partial charge in [-0.1, -0.05) is 0 Å². The Bertz CT molecular complexity index is 1300. The van der Waals surface area contributed by atoms with Crippen molar-refractivity contribution < 1.29 is 9.18 Å². The Balaban J connectivity index is 1.49. The van der Waals surface area contributed by atoms with Gasteiger partial charge in [-0.3, -0.25) is 4.79 Å². The van der Waals surface area contributed by atoms with Crippen molar-refractivity contribution in [3.05, 3.63) is 78.1 Å². The van der Waals surface area contributed by atoms with Gasteiger partial charge in [-0.05, 0) is 69.3 Å². The van der Waals surface area contributed by atoms with Gasteiger partial charge in [-0.15, -0.1) is 0 Å². The Kier molecular flexibility index (Phi) is 6.03. The van der Waals surface area contributed by atoms with Crippen LogP contribution in [0, 0.1) is 12.7 Å². The summed E-state index contributed by atoms with van der Waals surface area (Å²) in [7, 11) is 0. The monoisotopic (exact) mass is 445 g/mol. The number of benzene rings is 2. The first-order chi connectivity index (χ1) is 15.8. The summed E-state index contributed by atoms with van der Waals surface area (Å²) in [6.07, 6.45) is 3.49. The van der Waals surface area contributed by atoms with E-state index in [-0.39, 0.29) is 17.4 Å². The highest BCUT2D eigenvalue weighted by molar-refractivity contribution is 6.05. The number of carbonyl (C=O) groups is 1. The molecule has 0 aliphatic carbocycles. The molecule has 0 aliphatic rings. The van der Waals surface area contributed by atoms with Crippen LogP contribution in [0.5, 0.6) is 0 Å². The van der Waals surface area contributed by atoms with Gasteiger partial charge in [-0.25, -0.2) is 19.3 Å². The normalized spacial score (nSPS) is 10.9. The molecule has 0 atom stereocenters. The number of rotatable bonds is 6. The molecule has 9 heteroatoms. The van der Waals surface area contributed by atoms with Crippen molar-refractivity contribution in [2.24, 2.45) is 0 Å². The van der Waals surface area contributed by atoms with Crippen LogP contribution in [0.3, 0.4) is 0 Å². The van der Waals surface area contributed by atoms with Gasteiger partial charge in [0.25, 0.3) is 5.91 Å². The topological polar surface area (TPSA) is 111 Å². The standard InChI is InChI=1S/C24H24FN7O/c1-14(2)32-15(3)28-13-22(32)20-10-11-27-24(31-20)29-18-7-4-16(5-8-18)23(33)30-21-12-17(25)6-9-19(21)26/h4-14H,26H2,1-3H3,(H,30,33)(H,27,29,31). The fourth-order valence-corrected chi connectivity index (χ4v) is 3.52. The molecule has 0 saturated carbocycles. The molecule has 0 unspecified atom stereocenters. The van der Waals surface area contributed by atoms with Crippen LogP contribution in [-0.4, -0.2) is 25.4 Å². The first-order valence-electron chi connectivity index (χ1n) is 10.4. The molecule has 0 saturated heterocycles. The molecule has 33 heavy (non-hydrogen) atoms. The number of aryl methyl sites for hydroxylation is 1. The predicted molar refractivity (Wildman–Crippen MR) is 127 cm³/mol. The van der Waals surface area contributed by atoms with Gasteiger partial charge in [0.1, 0.15) is 11.6 Å². The van der Waals surface area contributed by atoms with Crippen LogP contribution in [0.2, 0.25) is 0 Å². The van der Waals surface area contributed by atoms with E-state index in [1.54, 1.807) is 36.7 Å². The molecule has 4 rings (SSSR count). The maximum Gasteiger partial charge on any atom is 0.255 e. The van der Waals surface area contributed by atoms with Crippen molar-refractivity contribution in [1.29, 1.82) is 0 Å². The van der Waals surface area contributed by atoms with Crippen molar-refractivity contribution in [2.75, 3.05) is 16.4 Å². The fourth-order valence-electron chi connectivity index (χ4n) is 3.52. The molecule has 0 spiro atoms. The minimum Gasteiger partial charge on any atom is -0.397 e. The second-order valence-electron chi connectivity index (χ2n) is 7.81. The van der Waals surface area contributed by atoms with E-state index in [1.807, 2.05) is 13.0 Å². The number of amides is 1. The number of nitrogens with two attached hydrogens (primary N) is 1. The molecule has 4 N–H and O–H groups in total. The third-order valence-corrected chi connectivity index (χ3v) is 5.08. The summed E-state index contributed by atoms with van der Waals surface area (Å²) in [5.74, 6) is 0.468. The number of nitrogen functional groups attached to an aromatic ring is 1. The first-order valence-corrected chi connectivity index (χ1v) is 10.4. The molecule has 0 radical (unpaired) electrons. The molecule has 168 valence electrons. The Labute approximate surface area is 190 Å². The molecule has 1 amide bonds. The van der Waals surface area contributed by atoms with Crippen LogP contribution in [0.4, 0.5) is 27.4 Å². The zero-order chi connectivity index (χ0) is 23.5. The lowest BCUT2D eigenvalue weighted by atomic mass is 10.2. The highest BCUT2D eigenvalue weighted by Crippen LogP contribution is 2.25. The number of nitrogens with zero attached hydrogens (tertiary/aromatic N) is 4. The van der Waals surface area contributed by atoms with E-state index >= 15 is 0 Å². The third-order valence-electron chi connectivity index (χ3n) is 5.08.